The quantitative estimate of drug-likeness (QED) is 0.335. The molecule has 0 aromatic carbocycles. The zero-order valence-electron chi connectivity index (χ0n) is 36.3. The van der Waals surface area contributed by atoms with E-state index in [1.54, 1.807) is 4.90 Å². The number of fused-ring (bicyclic) bond motifs is 4. The van der Waals surface area contributed by atoms with Gasteiger partial charge in [0.05, 0.1) is 37.6 Å². The number of carbonyl (C=O) groups excluding carboxylic acids is 2. The molecule has 57 heavy (non-hydrogen) atoms. The van der Waals surface area contributed by atoms with Gasteiger partial charge in [0.25, 0.3) is 0 Å². The van der Waals surface area contributed by atoms with Gasteiger partial charge in [0, 0.05) is 63.8 Å². The van der Waals surface area contributed by atoms with Crippen molar-refractivity contribution in [3.8, 4) is 0 Å². The number of rotatable bonds is 8. The summed E-state index contributed by atoms with van der Waals surface area (Å²) in [4.78, 5) is 34.2. The Bertz CT molecular complexity index is 1580. The molecule has 0 radical (unpaired) electrons. The molecule has 10 rings (SSSR count). The molecule has 5 heterocycles. The normalized spacial score (nSPS) is 48.3. The first-order chi connectivity index (χ1) is 27.1. The van der Waals surface area contributed by atoms with Crippen molar-refractivity contribution in [1.82, 2.24) is 19.6 Å². The molecule has 0 aromatic rings. The number of hydrogen-bond donors (Lipinski definition) is 1. The highest BCUT2D eigenvalue weighted by molar-refractivity contribution is 5.79. The Hall–Kier alpha value is -1.50. The highest BCUT2D eigenvalue weighted by Gasteiger charge is 2.84. The molecule has 5 aliphatic heterocycles. The van der Waals surface area contributed by atoms with Crippen LogP contribution in [0.1, 0.15) is 113 Å². The van der Waals surface area contributed by atoms with Crippen LogP contribution < -0.4 is 0 Å². The third-order valence-corrected chi connectivity index (χ3v) is 19.5. The Morgan fingerprint density at radius 3 is 2.26 bits per heavy atom. The molecule has 1 unspecified atom stereocenters. The van der Waals surface area contributed by atoms with Gasteiger partial charge < -0.3 is 33.9 Å². The molecule has 10 aliphatic rings. The van der Waals surface area contributed by atoms with E-state index in [0.29, 0.717) is 48.3 Å². The van der Waals surface area contributed by atoms with E-state index < -0.39 is 6.10 Å². The van der Waals surface area contributed by atoms with E-state index in [9.17, 15) is 14.7 Å². The summed E-state index contributed by atoms with van der Waals surface area (Å²) >= 11 is 0. The van der Waals surface area contributed by atoms with Crippen LogP contribution in [0.5, 0.6) is 0 Å². The molecule has 5 aliphatic carbocycles. The molecular weight excluding hydrogens is 721 g/mol. The lowest BCUT2D eigenvalue weighted by Crippen LogP contribution is -2.64. The maximum Gasteiger partial charge on any atom is 0.410 e. The molecule has 0 aromatic heterocycles. The zero-order valence-corrected chi connectivity index (χ0v) is 36.3. The molecular formula is C46H74N4O7. The minimum absolute atomic E-state index is 0.00280. The first-order valence-electron chi connectivity index (χ1n) is 23.4. The first-order valence-corrected chi connectivity index (χ1v) is 23.4. The average Bonchev–Trinajstić information content (AvgIpc) is 3.73. The topological polar surface area (TPSA) is 104 Å². The summed E-state index contributed by atoms with van der Waals surface area (Å²) in [6, 6.07) is 0.477. The van der Waals surface area contributed by atoms with E-state index in [1.807, 2.05) is 4.90 Å². The van der Waals surface area contributed by atoms with Crippen molar-refractivity contribution in [2.75, 3.05) is 65.5 Å². The summed E-state index contributed by atoms with van der Waals surface area (Å²) in [5, 5.41) is 12.8. The number of carbonyl (C=O) groups is 2. The maximum absolute atomic E-state index is 13.0. The number of hydrogen-bond acceptors (Lipinski definition) is 9. The van der Waals surface area contributed by atoms with Gasteiger partial charge in [0.1, 0.15) is 6.10 Å². The molecule has 5 saturated carbocycles. The summed E-state index contributed by atoms with van der Waals surface area (Å²) in [7, 11) is 0. The summed E-state index contributed by atoms with van der Waals surface area (Å²) in [6.07, 6.45) is 9.89. The first kappa shape index (κ1) is 39.6. The van der Waals surface area contributed by atoms with Gasteiger partial charge in [-0.2, -0.15) is 0 Å². The molecule has 2 amide bonds. The van der Waals surface area contributed by atoms with Crippen LogP contribution in [-0.4, -0.2) is 145 Å². The van der Waals surface area contributed by atoms with Gasteiger partial charge in [0.2, 0.25) is 5.91 Å². The number of aliphatic hydroxyl groups excluding tert-OH is 1. The van der Waals surface area contributed by atoms with Crippen molar-refractivity contribution in [3.63, 3.8) is 0 Å². The Morgan fingerprint density at radius 1 is 0.877 bits per heavy atom. The fourth-order valence-corrected chi connectivity index (χ4v) is 16.1. The van der Waals surface area contributed by atoms with Crippen LogP contribution in [0.15, 0.2) is 0 Å². The van der Waals surface area contributed by atoms with Crippen LogP contribution in [0, 0.1) is 56.7 Å². The molecule has 14 atom stereocenters. The van der Waals surface area contributed by atoms with Crippen molar-refractivity contribution < 1.29 is 33.6 Å². The SMILES string of the molecule is CC(C)[C@@H](OC(=O)N1CCC1)[C@H]1C[C@@H](C)[C@H]2[C@H](O1)[C@H](O)[C@@]1(C)[C@@H]3CC[C@H]4C(C)(C)C(O[C@H]5CN(C6CN(CC(=O)N7CCC7)C6)CCO5)CC[C@@]45C[C@@]35CC[C@]21C. The van der Waals surface area contributed by atoms with Crippen molar-refractivity contribution in [3.05, 3.63) is 0 Å². The van der Waals surface area contributed by atoms with Gasteiger partial charge in [-0.15, -0.1) is 0 Å². The lowest BCUT2D eigenvalue weighted by Gasteiger charge is -2.64. The van der Waals surface area contributed by atoms with Gasteiger partial charge in [-0.25, -0.2) is 4.79 Å². The Balaban J connectivity index is 0.808. The molecule has 10 fully saturated rings. The molecule has 0 bridgehead atoms. The van der Waals surface area contributed by atoms with Gasteiger partial charge in [-0.05, 0) is 115 Å². The molecule has 320 valence electrons. The van der Waals surface area contributed by atoms with Gasteiger partial charge >= 0.3 is 6.09 Å². The monoisotopic (exact) mass is 795 g/mol. The Labute approximate surface area is 342 Å². The maximum atomic E-state index is 13.0. The predicted octanol–water partition coefficient (Wildman–Crippen LogP) is 5.63. The Morgan fingerprint density at radius 2 is 1.58 bits per heavy atom. The number of morpholine rings is 1. The van der Waals surface area contributed by atoms with E-state index in [1.165, 1.54) is 25.7 Å². The molecule has 5 saturated heterocycles. The van der Waals surface area contributed by atoms with E-state index in [-0.39, 0.29) is 70.3 Å². The molecule has 11 heteroatoms. The van der Waals surface area contributed by atoms with Crippen molar-refractivity contribution in [2.24, 2.45) is 56.7 Å². The second kappa shape index (κ2) is 13.8. The molecule has 2 spiro atoms. The van der Waals surface area contributed by atoms with E-state index >= 15 is 0 Å². The summed E-state index contributed by atoms with van der Waals surface area (Å²) in [5.74, 6) is 2.18. The fraction of sp³-hybridized carbons (Fsp3) is 0.957. The van der Waals surface area contributed by atoms with E-state index in [2.05, 4.69) is 58.3 Å². The Kier molecular flexibility index (Phi) is 9.56. The van der Waals surface area contributed by atoms with Gasteiger partial charge in [0.15, 0.2) is 6.29 Å². The molecule has 1 N–H and O–H groups in total. The zero-order chi connectivity index (χ0) is 39.9. The van der Waals surface area contributed by atoms with Crippen LogP contribution in [0.2, 0.25) is 0 Å². The van der Waals surface area contributed by atoms with E-state index in [0.717, 1.165) is 90.9 Å². The lowest BCUT2D eigenvalue weighted by molar-refractivity contribution is -0.253. The number of nitrogens with zero attached hydrogens (tertiary/aromatic N) is 4. The van der Waals surface area contributed by atoms with Crippen molar-refractivity contribution in [1.29, 1.82) is 0 Å². The predicted molar refractivity (Wildman–Crippen MR) is 215 cm³/mol. The number of aliphatic hydroxyl groups is 1. The van der Waals surface area contributed by atoms with Crippen LogP contribution in [0.3, 0.4) is 0 Å². The van der Waals surface area contributed by atoms with Crippen molar-refractivity contribution in [2.45, 2.75) is 156 Å². The van der Waals surface area contributed by atoms with Crippen LogP contribution in [0.25, 0.3) is 0 Å². The summed E-state index contributed by atoms with van der Waals surface area (Å²) in [6.45, 7) is 25.0. The minimum Gasteiger partial charge on any atom is -0.443 e. The second-order valence-corrected chi connectivity index (χ2v) is 22.5. The van der Waals surface area contributed by atoms with E-state index in [4.69, 9.17) is 18.9 Å². The number of likely N-dealkylation sites (tertiary alicyclic amines) is 3. The average molecular weight is 795 g/mol. The largest absolute Gasteiger partial charge is 0.443 e. The fourth-order valence-electron chi connectivity index (χ4n) is 16.1. The lowest BCUT2D eigenvalue weighted by atomic mass is 9.41. The number of ether oxygens (including phenoxy) is 4. The molecule has 11 nitrogen and oxygen atoms in total. The summed E-state index contributed by atoms with van der Waals surface area (Å²) < 4.78 is 26.7. The van der Waals surface area contributed by atoms with Crippen LogP contribution >= 0.6 is 0 Å². The van der Waals surface area contributed by atoms with Gasteiger partial charge in [-0.3, -0.25) is 14.6 Å². The van der Waals surface area contributed by atoms with Crippen LogP contribution in [-0.2, 0) is 23.7 Å². The highest BCUT2D eigenvalue weighted by atomic mass is 16.7. The summed E-state index contributed by atoms with van der Waals surface area (Å²) in [5.41, 5.74) is 0.411. The number of amides is 2. The second-order valence-electron chi connectivity index (χ2n) is 22.5. The van der Waals surface area contributed by atoms with Crippen LogP contribution in [0.4, 0.5) is 4.79 Å². The van der Waals surface area contributed by atoms with Crippen molar-refractivity contribution >= 4 is 12.0 Å². The standard InChI is InChI=1S/C46H74N4O7/c1-28(2)38(57-41(53)49-18-9-19-49)31-22-29(3)37-39(55-31)40(52)44(7)33-11-10-32-42(4,5)34(12-13-45(32)27-46(33,45)15-14-43(37,44)6)56-36-26-50(20-21-54-36)30-23-47(24-30)25-35(51)48-16-8-17-48/h28-34,36-40,52H,8-27H2,1-7H3/t29-,31-,32+,33+,34?,36+,37+,38-,39+,40+,43-,44-,45-,46+/m1/s1. The smallest absolute Gasteiger partial charge is 0.410 e. The third-order valence-electron chi connectivity index (χ3n) is 19.5. The third kappa shape index (κ3) is 5.69. The van der Waals surface area contributed by atoms with Gasteiger partial charge in [-0.1, -0.05) is 48.5 Å². The highest BCUT2D eigenvalue weighted by Crippen LogP contribution is 2.89. The minimum atomic E-state index is -0.532.